The summed E-state index contributed by atoms with van der Waals surface area (Å²) in [5, 5.41) is 0. The van der Waals surface area contributed by atoms with E-state index in [0.717, 1.165) is 22.0 Å². The van der Waals surface area contributed by atoms with Crippen LogP contribution in [-0.4, -0.2) is 28.4 Å². The summed E-state index contributed by atoms with van der Waals surface area (Å²) in [4.78, 5) is 37.7. The number of nitrogens with zero attached hydrogens (tertiary/aromatic N) is 2. The summed E-state index contributed by atoms with van der Waals surface area (Å²) in [6.45, 7) is 7.64. The third kappa shape index (κ3) is 3.24. The van der Waals surface area contributed by atoms with Gasteiger partial charge in [0.1, 0.15) is 6.23 Å². The second-order valence-corrected chi connectivity index (χ2v) is 5.97. The minimum atomic E-state index is -0.763. The van der Waals surface area contributed by atoms with Crippen LogP contribution in [0.3, 0.4) is 0 Å². The molecule has 1 aliphatic rings. The molecule has 23 heavy (non-hydrogen) atoms. The average molecular weight is 324 g/mol. The van der Waals surface area contributed by atoms with Gasteiger partial charge in [0, 0.05) is 17.9 Å². The molecule has 1 aliphatic heterocycles. The van der Waals surface area contributed by atoms with E-state index in [2.05, 4.69) is 0 Å². The molecule has 0 saturated carbocycles. The summed E-state index contributed by atoms with van der Waals surface area (Å²) in [5.41, 5.74) is -0.301. The second kappa shape index (κ2) is 7.12. The number of carbonyl (C=O) groups is 1. The van der Waals surface area contributed by atoms with Crippen molar-refractivity contribution in [3.05, 3.63) is 32.1 Å². The van der Waals surface area contributed by atoms with Crippen molar-refractivity contribution in [3.63, 3.8) is 0 Å². The minimum Gasteiger partial charge on any atom is -0.449 e. The van der Waals surface area contributed by atoms with E-state index in [0.29, 0.717) is 24.3 Å². The van der Waals surface area contributed by atoms with Crippen LogP contribution in [0.5, 0.6) is 0 Å². The Morgan fingerprint density at radius 1 is 1.35 bits per heavy atom. The summed E-state index contributed by atoms with van der Waals surface area (Å²) in [5.74, 6) is -0.126. The molecule has 1 fully saturated rings. The molecule has 0 aromatic carbocycles. The summed E-state index contributed by atoms with van der Waals surface area (Å²) < 4.78 is 12.6. The monoisotopic (exact) mass is 324 g/mol. The molecule has 128 valence electrons. The topological polar surface area (TPSA) is 79.5 Å². The molecular formula is C16H24N2O5. The summed E-state index contributed by atoms with van der Waals surface area (Å²) in [6.07, 6.45) is 0.976. The first-order chi connectivity index (χ1) is 10.9. The van der Waals surface area contributed by atoms with E-state index in [4.69, 9.17) is 9.47 Å². The van der Waals surface area contributed by atoms with Crippen LogP contribution in [0, 0.1) is 6.92 Å². The van der Waals surface area contributed by atoms with Gasteiger partial charge in [-0.05, 0) is 39.0 Å². The van der Waals surface area contributed by atoms with Crippen molar-refractivity contribution in [1.82, 2.24) is 9.13 Å². The van der Waals surface area contributed by atoms with Gasteiger partial charge in [0.15, 0.2) is 0 Å². The molecule has 1 aromatic rings. The molecule has 0 bridgehead atoms. The van der Waals surface area contributed by atoms with Crippen LogP contribution >= 0.6 is 0 Å². The van der Waals surface area contributed by atoms with Crippen LogP contribution in [0.15, 0.2) is 9.59 Å². The van der Waals surface area contributed by atoms with E-state index >= 15 is 0 Å². The quantitative estimate of drug-likeness (QED) is 0.851. The van der Waals surface area contributed by atoms with Gasteiger partial charge in [-0.15, -0.1) is 0 Å². The fraction of sp³-hybridized carbons (Fsp3) is 0.688. The van der Waals surface area contributed by atoms with Gasteiger partial charge in [0.05, 0.1) is 6.61 Å². The van der Waals surface area contributed by atoms with Crippen molar-refractivity contribution in [1.29, 1.82) is 0 Å². The molecule has 2 heterocycles. The van der Waals surface area contributed by atoms with Gasteiger partial charge < -0.3 is 9.47 Å². The predicted molar refractivity (Wildman–Crippen MR) is 85.0 cm³/mol. The van der Waals surface area contributed by atoms with Crippen molar-refractivity contribution in [3.8, 4) is 0 Å². The van der Waals surface area contributed by atoms with E-state index in [9.17, 15) is 14.4 Å². The van der Waals surface area contributed by atoms with E-state index in [1.54, 1.807) is 13.8 Å². The van der Waals surface area contributed by atoms with Crippen molar-refractivity contribution < 1.29 is 14.3 Å². The average Bonchev–Trinajstić information content (AvgIpc) is 2.48. The smallest absolute Gasteiger partial charge is 0.422 e. The Bertz CT molecular complexity index is 696. The van der Waals surface area contributed by atoms with Crippen LogP contribution < -0.4 is 11.2 Å². The zero-order valence-electron chi connectivity index (χ0n) is 14.1. The summed E-state index contributed by atoms with van der Waals surface area (Å²) in [7, 11) is 0. The number of hydrogen-bond acceptors (Lipinski definition) is 5. The Balaban J connectivity index is 2.72. The highest BCUT2D eigenvalue weighted by atomic mass is 16.5. The van der Waals surface area contributed by atoms with Crippen molar-refractivity contribution in [2.24, 2.45) is 0 Å². The standard InChI is InChI=1S/C16H24N2O5/c1-5-22-16(21)17-11(4)13(10(2)3)14(19)18(15(17)20)12-8-6-7-9-23-12/h10,12H,5-9H2,1-4H3. The highest BCUT2D eigenvalue weighted by Gasteiger charge is 2.27. The highest BCUT2D eigenvalue weighted by Crippen LogP contribution is 2.21. The molecule has 1 atom stereocenters. The third-order valence-corrected chi connectivity index (χ3v) is 4.04. The normalized spacial score (nSPS) is 18.2. The molecule has 1 saturated heterocycles. The van der Waals surface area contributed by atoms with E-state index < -0.39 is 18.0 Å². The first-order valence-electron chi connectivity index (χ1n) is 8.06. The Labute approximate surface area is 134 Å². The SMILES string of the molecule is CCOC(=O)n1c(C)c(C(C)C)c(=O)n(C2CCCCO2)c1=O. The largest absolute Gasteiger partial charge is 0.449 e. The number of hydrogen-bond donors (Lipinski definition) is 0. The minimum absolute atomic E-state index is 0.126. The molecule has 0 spiro atoms. The molecule has 7 nitrogen and oxygen atoms in total. The summed E-state index contributed by atoms with van der Waals surface area (Å²) >= 11 is 0. The Morgan fingerprint density at radius 2 is 2.04 bits per heavy atom. The van der Waals surface area contributed by atoms with Crippen LogP contribution in [0.2, 0.25) is 0 Å². The molecule has 0 amide bonds. The van der Waals surface area contributed by atoms with Gasteiger partial charge in [-0.25, -0.2) is 18.7 Å². The molecule has 0 radical (unpaired) electrons. The maximum absolute atomic E-state index is 12.8. The summed E-state index contributed by atoms with van der Waals surface area (Å²) in [6, 6.07) is 0. The predicted octanol–water partition coefficient (Wildman–Crippen LogP) is 2.15. The van der Waals surface area contributed by atoms with E-state index in [1.807, 2.05) is 13.8 Å². The van der Waals surface area contributed by atoms with Crippen LogP contribution in [-0.2, 0) is 9.47 Å². The molecule has 0 N–H and O–H groups in total. The first kappa shape index (κ1) is 17.5. The Kier molecular flexibility index (Phi) is 5.41. The molecule has 1 unspecified atom stereocenters. The van der Waals surface area contributed by atoms with Crippen LogP contribution in [0.25, 0.3) is 0 Å². The van der Waals surface area contributed by atoms with Crippen molar-refractivity contribution >= 4 is 6.09 Å². The number of carbonyl (C=O) groups excluding carboxylic acids is 1. The number of rotatable bonds is 3. The zero-order chi connectivity index (χ0) is 17.1. The van der Waals surface area contributed by atoms with Gasteiger partial charge in [-0.3, -0.25) is 4.79 Å². The molecule has 1 aromatic heterocycles. The molecule has 7 heteroatoms. The molecule has 2 rings (SSSR count). The van der Waals surface area contributed by atoms with Gasteiger partial charge >= 0.3 is 11.8 Å². The van der Waals surface area contributed by atoms with E-state index in [1.165, 1.54) is 0 Å². The Morgan fingerprint density at radius 3 is 2.57 bits per heavy atom. The van der Waals surface area contributed by atoms with Gasteiger partial charge in [-0.1, -0.05) is 13.8 Å². The maximum Gasteiger partial charge on any atom is 0.422 e. The lowest BCUT2D eigenvalue weighted by Gasteiger charge is -2.26. The maximum atomic E-state index is 12.8. The lowest BCUT2D eigenvalue weighted by molar-refractivity contribution is -0.0376. The third-order valence-electron chi connectivity index (χ3n) is 4.04. The lowest BCUT2D eigenvalue weighted by Crippen LogP contribution is -2.48. The fourth-order valence-electron chi connectivity index (χ4n) is 2.99. The first-order valence-corrected chi connectivity index (χ1v) is 8.06. The van der Waals surface area contributed by atoms with Crippen molar-refractivity contribution in [2.45, 2.75) is 59.1 Å². The van der Waals surface area contributed by atoms with Gasteiger partial charge in [-0.2, -0.15) is 0 Å². The highest BCUT2D eigenvalue weighted by molar-refractivity contribution is 5.71. The number of ether oxygens (including phenoxy) is 2. The van der Waals surface area contributed by atoms with Crippen LogP contribution in [0.4, 0.5) is 4.79 Å². The Hall–Kier alpha value is -1.89. The van der Waals surface area contributed by atoms with Gasteiger partial charge in [0.25, 0.3) is 5.56 Å². The molecular weight excluding hydrogens is 300 g/mol. The van der Waals surface area contributed by atoms with Crippen molar-refractivity contribution in [2.75, 3.05) is 13.2 Å². The second-order valence-electron chi connectivity index (χ2n) is 5.97. The fourth-order valence-corrected chi connectivity index (χ4v) is 2.99. The van der Waals surface area contributed by atoms with Crippen LogP contribution in [0.1, 0.15) is 63.4 Å². The lowest BCUT2D eigenvalue weighted by atomic mass is 10.0. The zero-order valence-corrected chi connectivity index (χ0v) is 14.1. The number of aromatic nitrogens is 2. The van der Waals surface area contributed by atoms with Gasteiger partial charge in [0.2, 0.25) is 0 Å². The van der Waals surface area contributed by atoms with E-state index in [-0.39, 0.29) is 18.1 Å². The molecule has 0 aliphatic carbocycles.